The largest absolute Gasteiger partial charge is 0.506 e. The van der Waals surface area contributed by atoms with E-state index in [-0.39, 0.29) is 19.6 Å². The Balaban J connectivity index is 0.00000306. The van der Waals surface area contributed by atoms with Crippen molar-refractivity contribution in [2.24, 2.45) is 5.73 Å². The number of H-pyrrole nitrogens is 1. The fourth-order valence-electron chi connectivity index (χ4n) is 3.23. The smallest absolute Gasteiger partial charge is 0.252 e. The van der Waals surface area contributed by atoms with E-state index >= 15 is 0 Å². The van der Waals surface area contributed by atoms with Gasteiger partial charge in [-0.2, -0.15) is 0 Å². The molecule has 33 heavy (non-hydrogen) atoms. The van der Waals surface area contributed by atoms with E-state index in [4.69, 9.17) is 5.73 Å². The molecule has 0 saturated heterocycles. The van der Waals surface area contributed by atoms with Crippen LogP contribution in [0.1, 0.15) is 23.3 Å². The molecule has 0 bridgehead atoms. The molecule has 2 amide bonds. The van der Waals surface area contributed by atoms with Crippen molar-refractivity contribution in [3.63, 3.8) is 0 Å². The van der Waals surface area contributed by atoms with Crippen molar-refractivity contribution in [3.05, 3.63) is 74.9 Å². The number of aromatic hydroxyl groups is 1. The first-order valence-electron chi connectivity index (χ1n) is 9.49. The van der Waals surface area contributed by atoms with Crippen LogP contribution in [0.5, 0.6) is 5.75 Å². The van der Waals surface area contributed by atoms with E-state index < -0.39 is 17.9 Å². The normalized spacial score (nSPS) is 11.6. The van der Waals surface area contributed by atoms with E-state index in [1.807, 2.05) is 12.1 Å². The molecule has 0 aliphatic rings. The Bertz CT molecular complexity index is 1300. The number of nitrogens with zero attached hydrogens (tertiary/aromatic N) is 2. The van der Waals surface area contributed by atoms with Crippen LogP contribution < -0.4 is 11.1 Å². The fraction of sp³-hybridized carbons (Fsp3) is 0.130. The molecule has 5 N–H and O–H groups in total. The lowest BCUT2D eigenvalue weighted by Crippen LogP contribution is -2.45. The van der Waals surface area contributed by atoms with E-state index in [9.17, 15) is 14.7 Å². The van der Waals surface area contributed by atoms with Gasteiger partial charge < -0.3 is 21.1 Å². The van der Waals surface area contributed by atoms with Gasteiger partial charge in [-0.1, -0.05) is 7.43 Å². The van der Waals surface area contributed by atoms with E-state index in [0.29, 0.717) is 36.9 Å². The molecule has 10 heteroatoms. The highest BCUT2D eigenvalue weighted by atomic mass is 79.9. The Morgan fingerprint density at radius 2 is 1.76 bits per heavy atom. The summed E-state index contributed by atoms with van der Waals surface area (Å²) in [5, 5.41) is 12.6. The molecule has 1 atom stereocenters. The minimum Gasteiger partial charge on any atom is -0.506 e. The quantitative estimate of drug-likeness (QED) is 0.272. The van der Waals surface area contributed by atoms with Crippen molar-refractivity contribution < 1.29 is 14.7 Å². The maximum atomic E-state index is 12.8. The van der Waals surface area contributed by atoms with E-state index in [1.165, 1.54) is 0 Å². The lowest BCUT2D eigenvalue weighted by atomic mass is 10.0. The molecule has 2 aromatic carbocycles. The molecule has 0 radical (unpaired) electrons. The molecular weight excluding hydrogens is 554 g/mol. The highest BCUT2D eigenvalue weighted by Gasteiger charge is 2.21. The molecule has 0 unspecified atom stereocenters. The average Bonchev–Trinajstić information content (AvgIpc) is 3.21. The topological polar surface area (TPSA) is 134 Å². The van der Waals surface area contributed by atoms with Gasteiger partial charge >= 0.3 is 0 Å². The second-order valence-electron chi connectivity index (χ2n) is 7.09. The van der Waals surface area contributed by atoms with Crippen molar-refractivity contribution in [1.29, 1.82) is 0 Å². The summed E-state index contributed by atoms with van der Waals surface area (Å²) in [5.74, 6) is -0.389. The number of amides is 2. The van der Waals surface area contributed by atoms with Gasteiger partial charge in [-0.25, -0.2) is 4.98 Å². The van der Waals surface area contributed by atoms with Crippen LogP contribution in [0.2, 0.25) is 0 Å². The maximum absolute atomic E-state index is 12.8. The molecular formula is C23H21Br2N5O3. The summed E-state index contributed by atoms with van der Waals surface area (Å²) in [6.45, 7) is 0. The Morgan fingerprint density at radius 1 is 1.09 bits per heavy atom. The van der Waals surface area contributed by atoms with Crippen molar-refractivity contribution in [3.8, 4) is 17.1 Å². The summed E-state index contributed by atoms with van der Waals surface area (Å²) in [5.41, 5.74) is 8.87. The number of aromatic nitrogens is 3. The van der Waals surface area contributed by atoms with E-state index in [0.717, 1.165) is 5.56 Å². The number of hydrogen-bond donors (Lipinski definition) is 4. The standard InChI is InChI=1S/C22H17Br2N5O3.CH4/c23-14-7-11(8-15(24)19(14)30)9-18(20(25)31)29-22(32)13-1-2-16-17(10-13)28-21(27-16)12-3-5-26-6-4-12;/h1-8,10,18,30H,9H2,(H2,25,31)(H,27,28)(H,29,32);1H4/t18-;/m0./s1. The fourth-order valence-corrected chi connectivity index (χ4v) is 4.51. The summed E-state index contributed by atoms with van der Waals surface area (Å²) in [7, 11) is 0. The van der Waals surface area contributed by atoms with Crippen LogP contribution in [-0.2, 0) is 11.2 Å². The first-order chi connectivity index (χ1) is 15.3. The maximum Gasteiger partial charge on any atom is 0.252 e. The van der Waals surface area contributed by atoms with Gasteiger partial charge in [0.05, 0.1) is 20.0 Å². The molecule has 0 saturated carbocycles. The Hall–Kier alpha value is -3.24. The lowest BCUT2D eigenvalue weighted by Gasteiger charge is -2.16. The zero-order valence-corrected chi connectivity index (χ0v) is 19.6. The molecule has 0 fully saturated rings. The third-order valence-electron chi connectivity index (χ3n) is 4.86. The number of halogens is 2. The Morgan fingerprint density at radius 3 is 2.39 bits per heavy atom. The minimum atomic E-state index is -0.935. The zero-order valence-electron chi connectivity index (χ0n) is 16.5. The number of nitrogens with one attached hydrogen (secondary N) is 2. The summed E-state index contributed by atoms with van der Waals surface area (Å²) in [6.07, 6.45) is 3.52. The summed E-state index contributed by atoms with van der Waals surface area (Å²) in [4.78, 5) is 36.6. The number of primary amides is 1. The number of fused-ring (bicyclic) bond motifs is 1. The monoisotopic (exact) mass is 573 g/mol. The molecule has 2 aromatic heterocycles. The SMILES string of the molecule is C.NC(=O)[C@H](Cc1cc(Br)c(O)c(Br)c1)NC(=O)c1ccc2nc(-c3ccncc3)[nH]c2c1. The average molecular weight is 575 g/mol. The number of nitrogens with two attached hydrogens (primary N) is 1. The van der Waals surface area contributed by atoms with Crippen LogP contribution in [0, 0.1) is 0 Å². The number of rotatable bonds is 6. The summed E-state index contributed by atoms with van der Waals surface area (Å²) >= 11 is 6.51. The third-order valence-corrected chi connectivity index (χ3v) is 6.07. The molecule has 170 valence electrons. The zero-order chi connectivity index (χ0) is 22.8. The number of hydrogen-bond acceptors (Lipinski definition) is 5. The van der Waals surface area contributed by atoms with Gasteiger partial charge in [0.2, 0.25) is 5.91 Å². The number of pyridine rings is 1. The summed E-state index contributed by atoms with van der Waals surface area (Å²) < 4.78 is 0.928. The predicted octanol–water partition coefficient (Wildman–Crippen LogP) is 4.32. The second kappa shape index (κ2) is 10.1. The molecule has 4 rings (SSSR count). The third kappa shape index (κ3) is 5.40. The number of aromatic amines is 1. The van der Waals surface area contributed by atoms with Crippen molar-refractivity contribution in [1.82, 2.24) is 20.3 Å². The number of carbonyl (C=O) groups excluding carboxylic acids is 2. The van der Waals surface area contributed by atoms with Crippen LogP contribution >= 0.6 is 31.9 Å². The first-order valence-corrected chi connectivity index (χ1v) is 11.1. The number of carbonyl (C=O) groups is 2. The van der Waals surface area contributed by atoms with Gasteiger partial charge in [-0.05, 0) is 79.9 Å². The molecule has 0 aliphatic carbocycles. The van der Waals surface area contributed by atoms with Crippen LogP contribution in [0.3, 0.4) is 0 Å². The second-order valence-corrected chi connectivity index (χ2v) is 8.80. The van der Waals surface area contributed by atoms with Gasteiger partial charge in [-0.15, -0.1) is 0 Å². The van der Waals surface area contributed by atoms with Gasteiger partial charge in [0.1, 0.15) is 17.6 Å². The van der Waals surface area contributed by atoms with E-state index in [1.54, 1.807) is 42.7 Å². The van der Waals surface area contributed by atoms with Crippen LogP contribution in [-0.4, -0.2) is 37.9 Å². The molecule has 0 spiro atoms. The number of phenolic OH excluding ortho intramolecular Hbond substituents is 1. The minimum absolute atomic E-state index is 0. The lowest BCUT2D eigenvalue weighted by molar-refractivity contribution is -0.119. The van der Waals surface area contributed by atoms with Crippen LogP contribution in [0.25, 0.3) is 22.4 Å². The molecule has 0 aliphatic heterocycles. The van der Waals surface area contributed by atoms with Crippen molar-refractivity contribution in [2.45, 2.75) is 19.9 Å². The van der Waals surface area contributed by atoms with Crippen molar-refractivity contribution >= 4 is 54.7 Å². The number of phenols is 1. The molecule has 2 heterocycles. The molecule has 8 nitrogen and oxygen atoms in total. The summed E-state index contributed by atoms with van der Waals surface area (Å²) in [6, 6.07) is 11.1. The highest BCUT2D eigenvalue weighted by Crippen LogP contribution is 2.33. The van der Waals surface area contributed by atoms with Gasteiger partial charge in [-0.3, -0.25) is 14.6 Å². The van der Waals surface area contributed by atoms with Crippen molar-refractivity contribution in [2.75, 3.05) is 0 Å². The van der Waals surface area contributed by atoms with E-state index in [2.05, 4.69) is 52.1 Å². The van der Waals surface area contributed by atoms with Gasteiger partial charge in [0, 0.05) is 29.9 Å². The Kier molecular flexibility index (Phi) is 7.50. The van der Waals surface area contributed by atoms with Gasteiger partial charge in [0.25, 0.3) is 5.91 Å². The van der Waals surface area contributed by atoms with Crippen LogP contribution in [0.4, 0.5) is 0 Å². The number of benzene rings is 2. The first kappa shape index (κ1) is 24.4. The number of imidazole rings is 1. The van der Waals surface area contributed by atoms with Gasteiger partial charge in [0.15, 0.2) is 0 Å². The molecule has 4 aromatic rings. The Labute approximate surface area is 206 Å². The van der Waals surface area contributed by atoms with Crippen LogP contribution in [0.15, 0.2) is 63.8 Å². The highest BCUT2D eigenvalue weighted by molar-refractivity contribution is 9.11. The predicted molar refractivity (Wildman–Crippen MR) is 134 cm³/mol.